The molecule has 1 saturated carbocycles. The maximum atomic E-state index is 9.67. The molecule has 2 N–H and O–H groups in total. The first kappa shape index (κ1) is 8.97. The van der Waals surface area contributed by atoms with Crippen molar-refractivity contribution in [2.45, 2.75) is 37.9 Å². The summed E-state index contributed by atoms with van der Waals surface area (Å²) in [5.41, 5.74) is 0. The van der Waals surface area contributed by atoms with Crippen molar-refractivity contribution in [3.8, 4) is 0 Å². The Morgan fingerprint density at radius 1 is 1.18 bits per heavy atom. The van der Waals surface area contributed by atoms with Crippen LogP contribution in [-0.4, -0.2) is 29.2 Å². The standard InChI is InChI=1S/C8H16O3/c9-6-7-11-8(10)4-2-1-3-5-8/h9-10H,1-7H2. The quantitative estimate of drug-likeness (QED) is 0.596. The largest absolute Gasteiger partial charge is 0.394 e. The van der Waals surface area contributed by atoms with Gasteiger partial charge in [-0.2, -0.15) is 0 Å². The maximum Gasteiger partial charge on any atom is 0.165 e. The van der Waals surface area contributed by atoms with Crippen LogP contribution in [-0.2, 0) is 4.74 Å². The number of rotatable bonds is 3. The summed E-state index contributed by atoms with van der Waals surface area (Å²) >= 11 is 0. The van der Waals surface area contributed by atoms with E-state index < -0.39 is 5.79 Å². The molecule has 0 saturated heterocycles. The zero-order chi connectivity index (χ0) is 8.16. The van der Waals surface area contributed by atoms with Crippen LogP contribution in [0.1, 0.15) is 32.1 Å². The lowest BCUT2D eigenvalue weighted by atomic mass is 9.94. The summed E-state index contributed by atoms with van der Waals surface area (Å²) < 4.78 is 5.13. The maximum absolute atomic E-state index is 9.67. The summed E-state index contributed by atoms with van der Waals surface area (Å²) in [6, 6.07) is 0. The van der Waals surface area contributed by atoms with E-state index in [1.807, 2.05) is 0 Å². The predicted molar refractivity (Wildman–Crippen MR) is 41.1 cm³/mol. The van der Waals surface area contributed by atoms with E-state index in [-0.39, 0.29) is 13.2 Å². The minimum Gasteiger partial charge on any atom is -0.394 e. The molecule has 0 atom stereocenters. The van der Waals surface area contributed by atoms with Crippen LogP contribution in [0.25, 0.3) is 0 Å². The zero-order valence-electron chi connectivity index (χ0n) is 6.75. The summed E-state index contributed by atoms with van der Waals surface area (Å²) in [6.07, 6.45) is 4.68. The van der Waals surface area contributed by atoms with Crippen LogP contribution >= 0.6 is 0 Å². The van der Waals surface area contributed by atoms with E-state index >= 15 is 0 Å². The number of hydrogen-bond acceptors (Lipinski definition) is 3. The Morgan fingerprint density at radius 2 is 1.82 bits per heavy atom. The second-order valence-electron chi connectivity index (χ2n) is 3.08. The fraction of sp³-hybridized carbons (Fsp3) is 1.00. The van der Waals surface area contributed by atoms with Crippen molar-refractivity contribution in [3.05, 3.63) is 0 Å². The fourth-order valence-corrected chi connectivity index (χ4v) is 1.48. The van der Waals surface area contributed by atoms with Crippen LogP contribution in [0.5, 0.6) is 0 Å². The van der Waals surface area contributed by atoms with Gasteiger partial charge in [0.1, 0.15) is 0 Å². The first-order chi connectivity index (χ1) is 5.27. The monoisotopic (exact) mass is 160 g/mol. The molecule has 0 aromatic carbocycles. The molecule has 0 aromatic heterocycles. The highest BCUT2D eigenvalue weighted by Gasteiger charge is 2.29. The Labute approximate surface area is 67.0 Å². The smallest absolute Gasteiger partial charge is 0.165 e. The van der Waals surface area contributed by atoms with Crippen molar-refractivity contribution in [3.63, 3.8) is 0 Å². The van der Waals surface area contributed by atoms with Gasteiger partial charge < -0.3 is 14.9 Å². The molecule has 0 heterocycles. The van der Waals surface area contributed by atoms with Crippen LogP contribution in [0, 0.1) is 0 Å². The van der Waals surface area contributed by atoms with Crippen molar-refractivity contribution in [1.82, 2.24) is 0 Å². The van der Waals surface area contributed by atoms with Crippen LogP contribution < -0.4 is 0 Å². The van der Waals surface area contributed by atoms with Crippen molar-refractivity contribution in [2.75, 3.05) is 13.2 Å². The number of aliphatic hydroxyl groups excluding tert-OH is 1. The minimum absolute atomic E-state index is 0.0116. The molecule has 1 aliphatic carbocycles. The van der Waals surface area contributed by atoms with Crippen molar-refractivity contribution in [2.24, 2.45) is 0 Å². The van der Waals surface area contributed by atoms with E-state index in [0.717, 1.165) is 12.8 Å². The third-order valence-corrected chi connectivity index (χ3v) is 2.10. The molecule has 0 amide bonds. The second-order valence-corrected chi connectivity index (χ2v) is 3.08. The van der Waals surface area contributed by atoms with Gasteiger partial charge in [0.25, 0.3) is 0 Å². The molecular weight excluding hydrogens is 144 g/mol. The van der Waals surface area contributed by atoms with Crippen molar-refractivity contribution in [1.29, 1.82) is 0 Å². The molecule has 3 heteroatoms. The van der Waals surface area contributed by atoms with Gasteiger partial charge in [-0.05, 0) is 12.8 Å². The number of hydrogen-bond donors (Lipinski definition) is 2. The lowest BCUT2D eigenvalue weighted by Gasteiger charge is -2.31. The number of ether oxygens (including phenoxy) is 1. The summed E-state index contributed by atoms with van der Waals surface area (Å²) in [5, 5.41) is 18.1. The molecule has 1 rings (SSSR count). The summed E-state index contributed by atoms with van der Waals surface area (Å²) in [5.74, 6) is -0.930. The summed E-state index contributed by atoms with van der Waals surface area (Å²) in [4.78, 5) is 0. The Morgan fingerprint density at radius 3 is 2.36 bits per heavy atom. The van der Waals surface area contributed by atoms with Crippen LogP contribution in [0.4, 0.5) is 0 Å². The van der Waals surface area contributed by atoms with E-state index in [0.29, 0.717) is 12.8 Å². The van der Waals surface area contributed by atoms with E-state index in [2.05, 4.69) is 0 Å². The molecule has 0 aromatic rings. The average molecular weight is 160 g/mol. The van der Waals surface area contributed by atoms with E-state index in [9.17, 15) is 5.11 Å². The number of aliphatic hydroxyl groups is 2. The summed E-state index contributed by atoms with van der Waals surface area (Å²) in [7, 11) is 0. The van der Waals surface area contributed by atoms with Crippen LogP contribution in [0.2, 0.25) is 0 Å². The SMILES string of the molecule is OCCOC1(O)CCCCC1. The Bertz CT molecular complexity index is 108. The van der Waals surface area contributed by atoms with Gasteiger partial charge in [0.05, 0.1) is 13.2 Å². The third kappa shape index (κ3) is 2.77. The van der Waals surface area contributed by atoms with Gasteiger partial charge in [-0.25, -0.2) is 0 Å². The first-order valence-corrected chi connectivity index (χ1v) is 4.24. The van der Waals surface area contributed by atoms with Crippen molar-refractivity contribution >= 4 is 0 Å². The second kappa shape index (κ2) is 4.04. The molecule has 3 nitrogen and oxygen atoms in total. The molecule has 0 bridgehead atoms. The lowest BCUT2D eigenvalue weighted by molar-refractivity contribution is -0.223. The third-order valence-electron chi connectivity index (χ3n) is 2.10. The molecule has 66 valence electrons. The minimum atomic E-state index is -0.930. The highest BCUT2D eigenvalue weighted by molar-refractivity contribution is 4.72. The molecule has 0 radical (unpaired) electrons. The van der Waals surface area contributed by atoms with E-state index in [4.69, 9.17) is 9.84 Å². The zero-order valence-corrected chi connectivity index (χ0v) is 6.75. The lowest BCUT2D eigenvalue weighted by Crippen LogP contribution is -2.35. The normalized spacial score (nSPS) is 23.5. The molecule has 1 aliphatic rings. The Balaban J connectivity index is 2.25. The predicted octanol–water partition coefficient (Wildman–Crippen LogP) is 0.648. The molecular formula is C8H16O3. The molecule has 0 unspecified atom stereocenters. The highest BCUT2D eigenvalue weighted by atomic mass is 16.6. The first-order valence-electron chi connectivity index (χ1n) is 4.24. The van der Waals surface area contributed by atoms with Gasteiger partial charge >= 0.3 is 0 Å². The van der Waals surface area contributed by atoms with Gasteiger partial charge in [-0.3, -0.25) is 0 Å². The Hall–Kier alpha value is -0.120. The highest BCUT2D eigenvalue weighted by Crippen LogP contribution is 2.28. The van der Waals surface area contributed by atoms with Gasteiger partial charge in [0.2, 0.25) is 0 Å². The average Bonchev–Trinajstić information content (AvgIpc) is 2.03. The van der Waals surface area contributed by atoms with Gasteiger partial charge in [0.15, 0.2) is 5.79 Å². The molecule has 11 heavy (non-hydrogen) atoms. The van der Waals surface area contributed by atoms with E-state index in [1.165, 1.54) is 6.42 Å². The van der Waals surface area contributed by atoms with Crippen LogP contribution in [0.15, 0.2) is 0 Å². The molecule has 1 fully saturated rings. The summed E-state index contributed by atoms with van der Waals surface area (Å²) in [6.45, 7) is 0.235. The van der Waals surface area contributed by atoms with Crippen LogP contribution in [0.3, 0.4) is 0 Å². The topological polar surface area (TPSA) is 49.7 Å². The molecule has 0 aliphatic heterocycles. The van der Waals surface area contributed by atoms with Gasteiger partial charge in [-0.15, -0.1) is 0 Å². The van der Waals surface area contributed by atoms with Gasteiger partial charge in [0, 0.05) is 12.8 Å². The fourth-order valence-electron chi connectivity index (χ4n) is 1.48. The van der Waals surface area contributed by atoms with E-state index in [1.54, 1.807) is 0 Å². The van der Waals surface area contributed by atoms with Crippen molar-refractivity contribution < 1.29 is 14.9 Å². The Kier molecular flexibility index (Phi) is 3.30. The molecule has 0 spiro atoms. The van der Waals surface area contributed by atoms with Gasteiger partial charge in [-0.1, -0.05) is 6.42 Å².